The van der Waals surface area contributed by atoms with Crippen molar-refractivity contribution in [1.82, 2.24) is 13.8 Å². The highest BCUT2D eigenvalue weighted by atomic mass is 15.2. The molecular formula is C49H28N4. The fraction of sp³-hybridized carbons (Fsp3) is 0. The molecule has 5 heterocycles. The zero-order chi connectivity index (χ0) is 34.4. The Hall–Kier alpha value is -7.17. The molecule has 0 amide bonds. The molecule has 0 bridgehead atoms. The Kier molecular flexibility index (Phi) is 5.08. The Balaban J connectivity index is 1.25. The van der Waals surface area contributed by atoms with Crippen LogP contribution in [0.2, 0.25) is 0 Å². The summed E-state index contributed by atoms with van der Waals surface area (Å²) < 4.78 is 4.93. The van der Waals surface area contributed by atoms with Crippen molar-refractivity contribution in [2.24, 2.45) is 0 Å². The van der Waals surface area contributed by atoms with E-state index in [0.29, 0.717) is 0 Å². The summed E-state index contributed by atoms with van der Waals surface area (Å²) in [6, 6.07) is 59.7. The standard InChI is InChI=1S/C49H28N4/c1-3-16-32(17-4-1)51(33-18-5-2-6-19-33)41-27-31-15-9-10-20-34(31)43-36-22-12-24-38-45-44-37-23-11-21-35-39-25-29-13-7-8-14-30(29)26-40(39)52(46(35)37)42(44)28-50-49(45)53(47(36)38)48(41)43/h1-28H. The fourth-order valence-corrected chi connectivity index (χ4v) is 9.65. The molecule has 0 unspecified atom stereocenters. The average molecular weight is 673 g/mol. The van der Waals surface area contributed by atoms with E-state index in [0.717, 1.165) is 33.7 Å². The Morgan fingerprint density at radius 1 is 0.377 bits per heavy atom. The number of benzene rings is 8. The normalized spacial score (nSPS) is 12.5. The van der Waals surface area contributed by atoms with Crippen LogP contribution in [0.5, 0.6) is 0 Å². The first-order valence-electron chi connectivity index (χ1n) is 18.2. The van der Waals surface area contributed by atoms with Crippen molar-refractivity contribution in [3.8, 4) is 0 Å². The summed E-state index contributed by atoms with van der Waals surface area (Å²) in [6.07, 6.45) is 2.12. The van der Waals surface area contributed by atoms with Crippen molar-refractivity contribution in [2.45, 2.75) is 0 Å². The Morgan fingerprint density at radius 2 is 0.943 bits per heavy atom. The smallest absolute Gasteiger partial charge is 0.146 e. The lowest BCUT2D eigenvalue weighted by Gasteiger charge is -2.27. The van der Waals surface area contributed by atoms with Crippen LogP contribution < -0.4 is 4.90 Å². The van der Waals surface area contributed by atoms with Gasteiger partial charge >= 0.3 is 0 Å². The number of rotatable bonds is 3. The van der Waals surface area contributed by atoms with Crippen LogP contribution in [0.15, 0.2) is 170 Å². The van der Waals surface area contributed by atoms with E-state index in [2.05, 4.69) is 184 Å². The third-order valence-electron chi connectivity index (χ3n) is 11.7. The SMILES string of the molecule is c1ccc(N(c2ccccc2)c2cc3ccccc3c3c4cccc5c6c7c8cccc9c%10cc%11ccccc%11cc%10n(c7cnc6n(c23)c54)c98)cc1. The molecule has 244 valence electrons. The van der Waals surface area contributed by atoms with E-state index in [1.807, 2.05) is 0 Å². The Morgan fingerprint density at radius 3 is 1.68 bits per heavy atom. The summed E-state index contributed by atoms with van der Waals surface area (Å²) in [7, 11) is 0. The van der Waals surface area contributed by atoms with Crippen molar-refractivity contribution in [1.29, 1.82) is 0 Å². The van der Waals surface area contributed by atoms with Gasteiger partial charge in [0.1, 0.15) is 5.65 Å². The molecule has 0 saturated carbocycles. The molecule has 0 spiro atoms. The quantitative estimate of drug-likeness (QED) is 0.187. The molecule has 53 heavy (non-hydrogen) atoms. The Bertz CT molecular complexity index is 3580. The predicted octanol–water partition coefficient (Wildman–Crippen LogP) is 13.2. The summed E-state index contributed by atoms with van der Waals surface area (Å²) in [5.41, 5.74) is 10.4. The molecule has 0 aliphatic rings. The summed E-state index contributed by atoms with van der Waals surface area (Å²) in [6.45, 7) is 0. The first-order valence-corrected chi connectivity index (χ1v) is 18.2. The molecule has 4 nitrogen and oxygen atoms in total. The van der Waals surface area contributed by atoms with Gasteiger partial charge in [-0.15, -0.1) is 0 Å². The molecule has 0 N–H and O–H groups in total. The van der Waals surface area contributed by atoms with Crippen LogP contribution >= 0.6 is 0 Å². The summed E-state index contributed by atoms with van der Waals surface area (Å²) in [4.78, 5) is 7.87. The topological polar surface area (TPSA) is 24.9 Å². The van der Waals surface area contributed by atoms with E-state index < -0.39 is 0 Å². The second-order valence-corrected chi connectivity index (χ2v) is 14.4. The largest absolute Gasteiger partial charge is 0.308 e. The van der Waals surface area contributed by atoms with E-state index in [9.17, 15) is 0 Å². The van der Waals surface area contributed by atoms with Crippen LogP contribution in [0, 0.1) is 0 Å². The minimum Gasteiger partial charge on any atom is -0.308 e. The first kappa shape index (κ1) is 27.5. The zero-order valence-corrected chi connectivity index (χ0v) is 28.5. The van der Waals surface area contributed by atoms with Gasteiger partial charge in [0.2, 0.25) is 0 Å². The van der Waals surface area contributed by atoms with Gasteiger partial charge in [0.05, 0.1) is 39.5 Å². The molecule has 0 fully saturated rings. The van der Waals surface area contributed by atoms with E-state index in [4.69, 9.17) is 4.98 Å². The monoisotopic (exact) mass is 672 g/mol. The number of nitrogens with zero attached hydrogens (tertiary/aromatic N) is 4. The second-order valence-electron chi connectivity index (χ2n) is 14.4. The number of pyridine rings is 1. The molecular weight excluding hydrogens is 645 g/mol. The van der Waals surface area contributed by atoms with Gasteiger partial charge in [-0.25, -0.2) is 4.98 Å². The van der Waals surface area contributed by atoms with Crippen LogP contribution in [0.4, 0.5) is 17.1 Å². The molecule has 0 aliphatic carbocycles. The number of aromatic nitrogens is 3. The van der Waals surface area contributed by atoms with Crippen molar-refractivity contribution in [3.63, 3.8) is 0 Å². The van der Waals surface area contributed by atoms with Crippen molar-refractivity contribution in [2.75, 3.05) is 4.90 Å². The van der Waals surface area contributed by atoms with Gasteiger partial charge in [-0.1, -0.05) is 121 Å². The van der Waals surface area contributed by atoms with Gasteiger partial charge in [-0.3, -0.25) is 4.40 Å². The Labute approximate surface area is 302 Å². The van der Waals surface area contributed by atoms with E-state index in [1.54, 1.807) is 0 Å². The van der Waals surface area contributed by atoms with E-state index >= 15 is 0 Å². The summed E-state index contributed by atoms with van der Waals surface area (Å²) in [5.74, 6) is 0. The van der Waals surface area contributed by atoms with Crippen LogP contribution in [-0.2, 0) is 0 Å². The van der Waals surface area contributed by atoms with E-state index in [-0.39, 0.29) is 0 Å². The van der Waals surface area contributed by atoms with Gasteiger partial charge in [0.15, 0.2) is 0 Å². The number of hydrogen-bond donors (Lipinski definition) is 0. The van der Waals surface area contributed by atoms with Gasteiger partial charge in [-0.05, 0) is 64.0 Å². The third-order valence-corrected chi connectivity index (χ3v) is 11.7. The van der Waals surface area contributed by atoms with Gasteiger partial charge in [0, 0.05) is 54.5 Å². The van der Waals surface area contributed by atoms with Crippen LogP contribution in [0.1, 0.15) is 0 Å². The molecule has 0 saturated heterocycles. The maximum atomic E-state index is 5.46. The molecule has 0 atom stereocenters. The molecule has 13 aromatic rings. The summed E-state index contributed by atoms with van der Waals surface area (Å²) >= 11 is 0. The molecule has 0 radical (unpaired) electrons. The van der Waals surface area contributed by atoms with Gasteiger partial charge in [-0.2, -0.15) is 0 Å². The maximum absolute atomic E-state index is 5.46. The van der Waals surface area contributed by atoms with Crippen molar-refractivity contribution >= 4 is 115 Å². The fourth-order valence-electron chi connectivity index (χ4n) is 9.65. The molecule has 13 rings (SSSR count). The van der Waals surface area contributed by atoms with Crippen molar-refractivity contribution in [3.05, 3.63) is 170 Å². The lowest BCUT2D eigenvalue weighted by molar-refractivity contribution is 1.24. The highest BCUT2D eigenvalue weighted by Crippen LogP contribution is 2.50. The number of hydrogen-bond acceptors (Lipinski definition) is 2. The van der Waals surface area contributed by atoms with E-state index in [1.165, 1.54) is 81.2 Å². The maximum Gasteiger partial charge on any atom is 0.146 e. The number of anilines is 3. The first-order chi connectivity index (χ1) is 26.3. The number of fused-ring (bicyclic) bond motifs is 16. The van der Waals surface area contributed by atoms with Crippen LogP contribution in [-0.4, -0.2) is 13.8 Å². The highest BCUT2D eigenvalue weighted by Gasteiger charge is 2.28. The zero-order valence-electron chi connectivity index (χ0n) is 28.5. The molecule has 0 aliphatic heterocycles. The van der Waals surface area contributed by atoms with Crippen molar-refractivity contribution < 1.29 is 0 Å². The van der Waals surface area contributed by atoms with Gasteiger partial charge in [0.25, 0.3) is 0 Å². The third kappa shape index (κ3) is 3.39. The van der Waals surface area contributed by atoms with Crippen LogP contribution in [0.3, 0.4) is 0 Å². The summed E-state index contributed by atoms with van der Waals surface area (Å²) in [5, 5.41) is 15.0. The highest BCUT2D eigenvalue weighted by molar-refractivity contribution is 6.37. The lowest BCUT2D eigenvalue weighted by Crippen LogP contribution is -2.11. The molecule has 4 heteroatoms. The predicted molar refractivity (Wildman–Crippen MR) is 223 cm³/mol. The molecule has 8 aromatic carbocycles. The molecule has 5 aromatic heterocycles. The van der Waals surface area contributed by atoms with Gasteiger partial charge < -0.3 is 9.30 Å². The second kappa shape index (κ2) is 9.78. The lowest BCUT2D eigenvalue weighted by atomic mass is 9.99. The average Bonchev–Trinajstić information content (AvgIpc) is 3.95. The number of para-hydroxylation sites is 4. The minimum atomic E-state index is 0.986. The minimum absolute atomic E-state index is 0.986. The van der Waals surface area contributed by atoms with Crippen LogP contribution in [0.25, 0.3) is 97.9 Å².